The molecule has 0 aliphatic heterocycles. The molecule has 2 aromatic heterocycles. The SMILES string of the molecule is Cc1cnn(C[C@H](C)NCc2ccsc2)c1. The molecule has 3 nitrogen and oxygen atoms in total. The van der Waals surface area contributed by atoms with E-state index in [1.807, 2.05) is 10.9 Å². The first-order chi connectivity index (χ1) is 7.74. The molecule has 1 N–H and O–H groups in total. The van der Waals surface area contributed by atoms with Gasteiger partial charge in [-0.15, -0.1) is 0 Å². The summed E-state index contributed by atoms with van der Waals surface area (Å²) >= 11 is 1.74. The Morgan fingerprint density at radius 2 is 2.44 bits per heavy atom. The van der Waals surface area contributed by atoms with Gasteiger partial charge in [0.1, 0.15) is 0 Å². The quantitative estimate of drug-likeness (QED) is 0.862. The molecule has 2 aromatic rings. The fourth-order valence-electron chi connectivity index (χ4n) is 1.60. The predicted octanol–water partition coefficient (Wildman–Crippen LogP) is 2.43. The lowest BCUT2D eigenvalue weighted by Gasteiger charge is -2.13. The van der Waals surface area contributed by atoms with Gasteiger partial charge in [-0.1, -0.05) is 0 Å². The summed E-state index contributed by atoms with van der Waals surface area (Å²) in [6, 6.07) is 2.59. The van der Waals surface area contributed by atoms with Gasteiger partial charge in [0.15, 0.2) is 0 Å². The van der Waals surface area contributed by atoms with E-state index in [-0.39, 0.29) is 0 Å². The van der Waals surface area contributed by atoms with Crippen molar-refractivity contribution in [3.8, 4) is 0 Å². The first-order valence-electron chi connectivity index (χ1n) is 5.47. The van der Waals surface area contributed by atoms with E-state index in [1.54, 1.807) is 11.3 Å². The second kappa shape index (κ2) is 5.27. The van der Waals surface area contributed by atoms with Gasteiger partial charge in [0.05, 0.1) is 12.7 Å². The summed E-state index contributed by atoms with van der Waals surface area (Å²) in [5, 5.41) is 12.1. The van der Waals surface area contributed by atoms with Crippen LogP contribution >= 0.6 is 11.3 Å². The summed E-state index contributed by atoms with van der Waals surface area (Å²) in [5.41, 5.74) is 2.57. The van der Waals surface area contributed by atoms with Gasteiger partial charge in [0.2, 0.25) is 0 Å². The minimum absolute atomic E-state index is 0.430. The normalized spacial score (nSPS) is 12.9. The van der Waals surface area contributed by atoms with Crippen LogP contribution in [0, 0.1) is 6.92 Å². The molecule has 0 fully saturated rings. The van der Waals surface area contributed by atoms with E-state index in [0.717, 1.165) is 13.1 Å². The Labute approximate surface area is 100 Å². The van der Waals surface area contributed by atoms with Crippen molar-refractivity contribution in [1.29, 1.82) is 0 Å². The highest BCUT2D eigenvalue weighted by molar-refractivity contribution is 7.07. The number of nitrogens with zero attached hydrogens (tertiary/aromatic N) is 2. The molecule has 0 bridgehead atoms. The van der Waals surface area contributed by atoms with E-state index in [4.69, 9.17) is 0 Å². The van der Waals surface area contributed by atoms with Crippen LogP contribution in [0.1, 0.15) is 18.1 Å². The zero-order valence-electron chi connectivity index (χ0n) is 9.68. The lowest BCUT2D eigenvalue weighted by molar-refractivity contribution is 0.451. The van der Waals surface area contributed by atoms with Crippen molar-refractivity contribution in [3.05, 3.63) is 40.3 Å². The Kier molecular flexibility index (Phi) is 3.74. The standard InChI is InChI=1S/C12H17N3S/c1-10-5-14-15(7-10)8-11(2)13-6-12-3-4-16-9-12/h3-5,7,9,11,13H,6,8H2,1-2H3/t11-/m0/s1. The minimum atomic E-state index is 0.430. The molecule has 0 radical (unpaired) electrons. The maximum atomic E-state index is 4.28. The topological polar surface area (TPSA) is 29.9 Å². The highest BCUT2D eigenvalue weighted by Crippen LogP contribution is 2.05. The molecule has 0 saturated carbocycles. The van der Waals surface area contributed by atoms with Crippen LogP contribution in [-0.4, -0.2) is 15.8 Å². The monoisotopic (exact) mass is 235 g/mol. The van der Waals surface area contributed by atoms with E-state index >= 15 is 0 Å². The van der Waals surface area contributed by atoms with Crippen molar-refractivity contribution in [2.45, 2.75) is 33.0 Å². The van der Waals surface area contributed by atoms with Crippen LogP contribution < -0.4 is 5.32 Å². The number of aryl methyl sites for hydroxylation is 1. The molecular formula is C12H17N3S. The molecular weight excluding hydrogens is 218 g/mol. The zero-order chi connectivity index (χ0) is 11.4. The molecule has 0 unspecified atom stereocenters. The minimum Gasteiger partial charge on any atom is -0.308 e. The third kappa shape index (κ3) is 3.18. The Morgan fingerprint density at radius 3 is 3.06 bits per heavy atom. The molecule has 0 saturated heterocycles. The summed E-state index contributed by atoms with van der Waals surface area (Å²) in [7, 11) is 0. The van der Waals surface area contributed by atoms with Crippen LogP contribution in [0.25, 0.3) is 0 Å². The maximum absolute atomic E-state index is 4.28. The number of hydrogen-bond donors (Lipinski definition) is 1. The first-order valence-corrected chi connectivity index (χ1v) is 6.42. The number of aromatic nitrogens is 2. The highest BCUT2D eigenvalue weighted by atomic mass is 32.1. The molecule has 0 aliphatic carbocycles. The lowest BCUT2D eigenvalue weighted by Crippen LogP contribution is -2.29. The van der Waals surface area contributed by atoms with Crippen molar-refractivity contribution in [3.63, 3.8) is 0 Å². The van der Waals surface area contributed by atoms with Gasteiger partial charge in [-0.3, -0.25) is 4.68 Å². The average Bonchev–Trinajstić information content (AvgIpc) is 2.87. The van der Waals surface area contributed by atoms with Crippen molar-refractivity contribution in [1.82, 2.24) is 15.1 Å². The van der Waals surface area contributed by atoms with E-state index < -0.39 is 0 Å². The second-order valence-corrected chi connectivity index (χ2v) is 4.93. The van der Waals surface area contributed by atoms with Crippen LogP contribution in [0.3, 0.4) is 0 Å². The van der Waals surface area contributed by atoms with Gasteiger partial charge in [0.25, 0.3) is 0 Å². The van der Waals surface area contributed by atoms with Crippen molar-refractivity contribution >= 4 is 11.3 Å². The van der Waals surface area contributed by atoms with Gasteiger partial charge in [-0.2, -0.15) is 16.4 Å². The summed E-state index contributed by atoms with van der Waals surface area (Å²) in [6.45, 7) is 6.10. The third-order valence-corrected chi connectivity index (χ3v) is 3.19. The Morgan fingerprint density at radius 1 is 1.56 bits per heavy atom. The van der Waals surface area contributed by atoms with Crippen LogP contribution in [0.4, 0.5) is 0 Å². The van der Waals surface area contributed by atoms with Crippen LogP contribution in [0.5, 0.6) is 0 Å². The van der Waals surface area contributed by atoms with Gasteiger partial charge < -0.3 is 5.32 Å². The number of nitrogens with one attached hydrogen (secondary N) is 1. The maximum Gasteiger partial charge on any atom is 0.0560 e. The summed E-state index contributed by atoms with van der Waals surface area (Å²) in [6.07, 6.45) is 3.97. The molecule has 1 atom stereocenters. The zero-order valence-corrected chi connectivity index (χ0v) is 10.5. The molecule has 0 aliphatic rings. The Balaban J connectivity index is 1.78. The summed E-state index contributed by atoms with van der Waals surface area (Å²) in [5.74, 6) is 0. The Hall–Kier alpha value is -1.13. The predicted molar refractivity (Wildman–Crippen MR) is 67.6 cm³/mol. The van der Waals surface area contributed by atoms with Crippen LogP contribution in [0.15, 0.2) is 29.2 Å². The van der Waals surface area contributed by atoms with Crippen molar-refractivity contribution in [2.75, 3.05) is 0 Å². The fraction of sp³-hybridized carbons (Fsp3) is 0.417. The fourth-order valence-corrected chi connectivity index (χ4v) is 2.27. The average molecular weight is 235 g/mol. The first kappa shape index (κ1) is 11.4. The molecule has 2 heterocycles. The molecule has 16 heavy (non-hydrogen) atoms. The van der Waals surface area contributed by atoms with E-state index in [0.29, 0.717) is 6.04 Å². The highest BCUT2D eigenvalue weighted by Gasteiger charge is 2.03. The van der Waals surface area contributed by atoms with Gasteiger partial charge >= 0.3 is 0 Å². The molecule has 86 valence electrons. The Bertz CT molecular complexity index is 419. The van der Waals surface area contributed by atoms with Gasteiger partial charge in [0, 0.05) is 18.8 Å². The van der Waals surface area contributed by atoms with E-state index in [1.165, 1.54) is 11.1 Å². The number of hydrogen-bond acceptors (Lipinski definition) is 3. The number of rotatable bonds is 5. The second-order valence-electron chi connectivity index (χ2n) is 4.15. The summed E-state index contributed by atoms with van der Waals surface area (Å²) in [4.78, 5) is 0. The lowest BCUT2D eigenvalue weighted by atomic mass is 10.3. The van der Waals surface area contributed by atoms with Crippen molar-refractivity contribution < 1.29 is 0 Å². The smallest absolute Gasteiger partial charge is 0.0560 e. The summed E-state index contributed by atoms with van der Waals surface area (Å²) < 4.78 is 1.99. The largest absolute Gasteiger partial charge is 0.308 e. The van der Waals surface area contributed by atoms with Crippen LogP contribution in [-0.2, 0) is 13.1 Å². The molecule has 0 spiro atoms. The molecule has 0 amide bonds. The number of thiophene rings is 1. The van der Waals surface area contributed by atoms with Gasteiger partial charge in [-0.05, 0) is 41.8 Å². The van der Waals surface area contributed by atoms with Gasteiger partial charge in [-0.25, -0.2) is 0 Å². The van der Waals surface area contributed by atoms with Crippen molar-refractivity contribution in [2.24, 2.45) is 0 Å². The molecule has 4 heteroatoms. The van der Waals surface area contributed by atoms with Crippen LogP contribution in [0.2, 0.25) is 0 Å². The van der Waals surface area contributed by atoms with E-state index in [9.17, 15) is 0 Å². The molecule has 2 rings (SSSR count). The third-order valence-electron chi connectivity index (χ3n) is 2.46. The van der Waals surface area contributed by atoms with E-state index in [2.05, 4.69) is 47.3 Å². The molecule has 0 aromatic carbocycles.